The second-order valence-electron chi connectivity index (χ2n) is 9.45. The van der Waals surface area contributed by atoms with Gasteiger partial charge >= 0.3 is 16.3 Å². The van der Waals surface area contributed by atoms with E-state index in [0.717, 1.165) is 18.2 Å². The highest BCUT2D eigenvalue weighted by molar-refractivity contribution is 7.89. The fraction of sp³-hybridized carbons (Fsp3) is 0.296. The molecule has 9 nitrogen and oxygen atoms in total. The molecule has 222 valence electrons. The predicted molar refractivity (Wildman–Crippen MR) is 145 cm³/mol. The van der Waals surface area contributed by atoms with Gasteiger partial charge in [0.25, 0.3) is 0 Å². The summed E-state index contributed by atoms with van der Waals surface area (Å²) in [6.45, 7) is 4.91. The summed E-state index contributed by atoms with van der Waals surface area (Å²) in [7, 11) is -7.51. The SMILES string of the molecule is COc1ccc(CN(CC(C)C)S(=O)(=O)c2ccc(NC(C)=O)cc2)cc1OS(=O)(=O)c1cccc(C(F)(F)F)c1. The Balaban J connectivity index is 1.95. The smallest absolute Gasteiger partial charge is 0.416 e. The summed E-state index contributed by atoms with van der Waals surface area (Å²) in [5.74, 6) is -0.756. The molecule has 0 saturated carbocycles. The molecule has 0 spiro atoms. The third-order valence-electron chi connectivity index (χ3n) is 5.62. The van der Waals surface area contributed by atoms with E-state index in [1.807, 2.05) is 13.8 Å². The normalized spacial score (nSPS) is 12.4. The summed E-state index contributed by atoms with van der Waals surface area (Å²) < 4.78 is 104. The van der Waals surface area contributed by atoms with Crippen molar-refractivity contribution in [3.63, 3.8) is 0 Å². The topological polar surface area (TPSA) is 119 Å². The Hall–Kier alpha value is -3.62. The zero-order valence-corrected chi connectivity index (χ0v) is 24.2. The van der Waals surface area contributed by atoms with Gasteiger partial charge in [0.15, 0.2) is 11.5 Å². The second kappa shape index (κ2) is 12.5. The molecule has 3 rings (SSSR count). The first-order valence-electron chi connectivity index (χ1n) is 12.2. The summed E-state index contributed by atoms with van der Waals surface area (Å²) in [5, 5.41) is 2.56. The standard InChI is InChI=1S/C27H29F3N2O7S2/c1-18(2)16-32(40(34,35)23-11-9-22(10-12-23)31-19(3)33)17-20-8-13-25(38-4)26(14-20)39-41(36,37)24-7-5-6-21(15-24)27(28,29)30/h5-15,18H,16-17H2,1-4H3,(H,31,33). The van der Waals surface area contributed by atoms with E-state index in [4.69, 9.17) is 8.92 Å². The molecular formula is C27H29F3N2O7S2. The lowest BCUT2D eigenvalue weighted by molar-refractivity contribution is -0.137. The second-order valence-corrected chi connectivity index (χ2v) is 12.9. The van der Waals surface area contributed by atoms with Gasteiger partial charge in [-0.2, -0.15) is 25.9 Å². The summed E-state index contributed by atoms with van der Waals surface area (Å²) in [6.07, 6.45) is -4.77. The summed E-state index contributed by atoms with van der Waals surface area (Å²) in [4.78, 5) is 10.5. The molecule has 1 N–H and O–H groups in total. The van der Waals surface area contributed by atoms with Crippen LogP contribution < -0.4 is 14.2 Å². The number of anilines is 1. The van der Waals surface area contributed by atoms with Gasteiger partial charge in [-0.1, -0.05) is 26.0 Å². The number of alkyl halides is 3. The van der Waals surface area contributed by atoms with E-state index in [2.05, 4.69) is 5.32 Å². The van der Waals surface area contributed by atoms with E-state index >= 15 is 0 Å². The molecule has 3 aromatic rings. The lowest BCUT2D eigenvalue weighted by atomic mass is 10.2. The first-order chi connectivity index (χ1) is 19.0. The minimum atomic E-state index is -4.77. The van der Waals surface area contributed by atoms with Crippen molar-refractivity contribution in [2.75, 3.05) is 19.0 Å². The molecule has 0 aliphatic heterocycles. The molecule has 3 aromatic carbocycles. The molecule has 14 heteroatoms. The molecule has 0 radical (unpaired) electrons. The van der Waals surface area contributed by atoms with Crippen molar-refractivity contribution in [1.29, 1.82) is 0 Å². The van der Waals surface area contributed by atoms with Crippen LogP contribution in [-0.2, 0) is 37.7 Å². The number of amides is 1. The van der Waals surface area contributed by atoms with E-state index in [1.165, 1.54) is 60.8 Å². The number of carbonyl (C=O) groups is 1. The molecule has 0 atom stereocenters. The van der Waals surface area contributed by atoms with Gasteiger partial charge in [0.1, 0.15) is 4.90 Å². The number of hydrogen-bond donors (Lipinski definition) is 1. The van der Waals surface area contributed by atoms with Crippen LogP contribution in [-0.4, -0.2) is 40.7 Å². The minimum Gasteiger partial charge on any atom is -0.493 e. The van der Waals surface area contributed by atoms with Gasteiger partial charge in [-0.15, -0.1) is 0 Å². The van der Waals surface area contributed by atoms with Gasteiger partial charge in [0.2, 0.25) is 15.9 Å². The van der Waals surface area contributed by atoms with Gasteiger partial charge in [0, 0.05) is 25.7 Å². The number of benzene rings is 3. The highest BCUT2D eigenvalue weighted by atomic mass is 32.2. The van der Waals surface area contributed by atoms with Gasteiger partial charge in [0.05, 0.1) is 17.6 Å². The molecule has 0 saturated heterocycles. The Morgan fingerprint density at radius 3 is 2.15 bits per heavy atom. The van der Waals surface area contributed by atoms with E-state index in [0.29, 0.717) is 17.3 Å². The number of carbonyl (C=O) groups excluding carboxylic acids is 1. The Bertz CT molecular complexity index is 1610. The first-order valence-corrected chi connectivity index (χ1v) is 15.0. The van der Waals surface area contributed by atoms with E-state index < -0.39 is 36.8 Å². The summed E-state index contributed by atoms with van der Waals surface area (Å²) >= 11 is 0. The Morgan fingerprint density at radius 2 is 1.59 bits per heavy atom. The number of methoxy groups -OCH3 is 1. The number of rotatable bonds is 11. The highest BCUT2D eigenvalue weighted by Crippen LogP contribution is 2.34. The molecule has 0 unspecified atom stereocenters. The van der Waals surface area contributed by atoms with Crippen molar-refractivity contribution in [3.8, 4) is 11.5 Å². The number of sulfonamides is 1. The van der Waals surface area contributed by atoms with Crippen LogP contribution in [0.3, 0.4) is 0 Å². The van der Waals surface area contributed by atoms with Crippen LogP contribution in [0.2, 0.25) is 0 Å². The molecule has 0 heterocycles. The fourth-order valence-corrected chi connectivity index (χ4v) is 6.37. The number of nitrogens with zero attached hydrogens (tertiary/aromatic N) is 1. The average molecular weight is 615 g/mol. The largest absolute Gasteiger partial charge is 0.493 e. The molecular weight excluding hydrogens is 585 g/mol. The Labute approximate surface area is 237 Å². The number of hydrogen-bond acceptors (Lipinski definition) is 7. The van der Waals surface area contributed by atoms with Gasteiger partial charge in [-0.25, -0.2) is 8.42 Å². The zero-order chi connectivity index (χ0) is 30.6. The quantitative estimate of drug-likeness (QED) is 0.292. The van der Waals surface area contributed by atoms with Crippen molar-refractivity contribution in [3.05, 3.63) is 77.9 Å². The maximum atomic E-state index is 13.5. The van der Waals surface area contributed by atoms with Crippen molar-refractivity contribution >= 4 is 31.7 Å². The van der Waals surface area contributed by atoms with Gasteiger partial charge in [-0.3, -0.25) is 4.79 Å². The molecule has 0 fully saturated rings. The summed E-state index contributed by atoms with van der Waals surface area (Å²) in [5.41, 5.74) is -0.410. The van der Waals surface area contributed by atoms with Crippen LogP contribution in [0.15, 0.2) is 76.5 Å². The first kappa shape index (κ1) is 31.9. The molecule has 1 amide bonds. The monoisotopic (exact) mass is 614 g/mol. The third kappa shape index (κ3) is 8.21. The Kier molecular flexibility index (Phi) is 9.72. The van der Waals surface area contributed by atoms with Crippen molar-refractivity contribution in [2.24, 2.45) is 5.92 Å². The van der Waals surface area contributed by atoms with Crippen LogP contribution in [0.1, 0.15) is 31.9 Å². The third-order valence-corrected chi connectivity index (χ3v) is 8.67. The molecule has 0 bridgehead atoms. The molecule has 0 aliphatic rings. The molecule has 0 aromatic heterocycles. The predicted octanol–water partition coefficient (Wildman–Crippen LogP) is 5.29. The number of ether oxygens (including phenoxy) is 1. The molecule has 0 aliphatic carbocycles. The van der Waals surface area contributed by atoms with E-state index in [-0.39, 0.29) is 41.3 Å². The van der Waals surface area contributed by atoms with Gasteiger partial charge < -0.3 is 14.2 Å². The van der Waals surface area contributed by atoms with Gasteiger partial charge in [-0.05, 0) is 66.1 Å². The molecule has 41 heavy (non-hydrogen) atoms. The lowest BCUT2D eigenvalue weighted by Crippen LogP contribution is -2.33. The van der Waals surface area contributed by atoms with Crippen LogP contribution in [0, 0.1) is 5.92 Å². The number of halogens is 3. The van der Waals surface area contributed by atoms with E-state index in [1.54, 1.807) is 0 Å². The Morgan fingerprint density at radius 1 is 0.927 bits per heavy atom. The fourth-order valence-electron chi connectivity index (χ4n) is 3.80. The maximum absolute atomic E-state index is 13.5. The van der Waals surface area contributed by atoms with Crippen LogP contribution >= 0.6 is 0 Å². The zero-order valence-electron chi connectivity index (χ0n) is 22.6. The maximum Gasteiger partial charge on any atom is 0.416 e. The van der Waals surface area contributed by atoms with Crippen LogP contribution in [0.4, 0.5) is 18.9 Å². The summed E-state index contributed by atoms with van der Waals surface area (Å²) in [6, 6.07) is 12.9. The van der Waals surface area contributed by atoms with Crippen LogP contribution in [0.25, 0.3) is 0 Å². The minimum absolute atomic E-state index is 0.0237. The van der Waals surface area contributed by atoms with Crippen LogP contribution in [0.5, 0.6) is 11.5 Å². The van der Waals surface area contributed by atoms with Crippen molar-refractivity contribution in [2.45, 2.75) is 43.3 Å². The number of nitrogens with one attached hydrogen (secondary N) is 1. The van der Waals surface area contributed by atoms with Crippen molar-refractivity contribution < 1.29 is 43.7 Å². The van der Waals surface area contributed by atoms with E-state index in [9.17, 15) is 34.8 Å². The van der Waals surface area contributed by atoms with Crippen molar-refractivity contribution in [1.82, 2.24) is 4.31 Å². The average Bonchev–Trinajstić information content (AvgIpc) is 2.87. The highest BCUT2D eigenvalue weighted by Gasteiger charge is 2.32. The lowest BCUT2D eigenvalue weighted by Gasteiger charge is -2.24.